The highest BCUT2D eigenvalue weighted by Crippen LogP contribution is 2.32. The number of hydrogen-bond donors (Lipinski definition) is 0. The van der Waals surface area contributed by atoms with E-state index >= 15 is 0 Å². The summed E-state index contributed by atoms with van der Waals surface area (Å²) < 4.78 is 0. The topological polar surface area (TPSA) is 46.1 Å². The van der Waals surface area contributed by atoms with E-state index in [1.807, 2.05) is 29.2 Å². The minimum atomic E-state index is 0.146. The van der Waals surface area contributed by atoms with Crippen LogP contribution in [0.15, 0.2) is 24.3 Å². The molecule has 1 aromatic carbocycles. The van der Waals surface area contributed by atoms with Gasteiger partial charge < -0.3 is 0 Å². The van der Waals surface area contributed by atoms with Crippen LogP contribution in [0.5, 0.6) is 0 Å². The van der Waals surface area contributed by atoms with Crippen LogP contribution in [0.1, 0.15) is 45.4 Å². The van der Waals surface area contributed by atoms with Gasteiger partial charge in [0, 0.05) is 23.0 Å². The SMILES string of the molecule is CCCN(C(=O)C1CCCCC1)c1nnc(-c2ccc(Cl)cc2)s1. The molecule has 24 heavy (non-hydrogen) atoms. The lowest BCUT2D eigenvalue weighted by Crippen LogP contribution is -2.37. The van der Waals surface area contributed by atoms with E-state index in [4.69, 9.17) is 11.6 Å². The molecule has 6 heteroatoms. The van der Waals surface area contributed by atoms with Crippen LogP contribution >= 0.6 is 22.9 Å². The number of halogens is 1. The Morgan fingerprint density at radius 2 is 1.92 bits per heavy atom. The summed E-state index contributed by atoms with van der Waals surface area (Å²) in [6.07, 6.45) is 6.47. The predicted molar refractivity (Wildman–Crippen MR) is 99.6 cm³/mol. The molecule has 1 saturated carbocycles. The maximum Gasteiger partial charge on any atom is 0.231 e. The van der Waals surface area contributed by atoms with E-state index in [1.54, 1.807) is 0 Å². The summed E-state index contributed by atoms with van der Waals surface area (Å²) in [6, 6.07) is 7.55. The second-order valence-electron chi connectivity index (χ2n) is 6.22. The quantitative estimate of drug-likeness (QED) is 0.735. The number of nitrogens with zero attached hydrogens (tertiary/aromatic N) is 3. The summed E-state index contributed by atoms with van der Waals surface area (Å²) in [6.45, 7) is 2.78. The van der Waals surface area contributed by atoms with Crippen molar-refractivity contribution < 1.29 is 4.79 Å². The van der Waals surface area contributed by atoms with Gasteiger partial charge in [-0.2, -0.15) is 0 Å². The molecule has 1 amide bonds. The van der Waals surface area contributed by atoms with Gasteiger partial charge in [-0.05, 0) is 31.4 Å². The maximum absolute atomic E-state index is 12.9. The number of carbonyl (C=O) groups excluding carboxylic acids is 1. The fourth-order valence-corrected chi connectivity index (χ4v) is 4.13. The Morgan fingerprint density at radius 3 is 2.58 bits per heavy atom. The number of carbonyl (C=O) groups is 1. The lowest BCUT2D eigenvalue weighted by molar-refractivity contribution is -0.123. The van der Waals surface area contributed by atoms with Gasteiger partial charge in [0.1, 0.15) is 5.01 Å². The van der Waals surface area contributed by atoms with Gasteiger partial charge in [0.2, 0.25) is 11.0 Å². The zero-order valence-electron chi connectivity index (χ0n) is 13.9. The molecule has 0 spiro atoms. The molecule has 1 aromatic heterocycles. The predicted octanol–water partition coefficient (Wildman–Crippen LogP) is 5.18. The Bertz CT molecular complexity index is 680. The first-order valence-electron chi connectivity index (χ1n) is 8.60. The Morgan fingerprint density at radius 1 is 1.21 bits per heavy atom. The van der Waals surface area contributed by atoms with Gasteiger partial charge in [-0.15, -0.1) is 10.2 Å². The van der Waals surface area contributed by atoms with Gasteiger partial charge in [0.25, 0.3) is 0 Å². The Balaban J connectivity index is 1.81. The van der Waals surface area contributed by atoms with Gasteiger partial charge in [0.05, 0.1) is 0 Å². The number of hydrogen-bond acceptors (Lipinski definition) is 4. The molecular weight excluding hydrogens is 342 g/mol. The standard InChI is InChI=1S/C18H22ClN3OS/c1-2-12-22(17(23)14-6-4-3-5-7-14)18-21-20-16(24-18)13-8-10-15(19)11-9-13/h8-11,14H,2-7,12H2,1H3. The highest BCUT2D eigenvalue weighted by Gasteiger charge is 2.28. The third-order valence-corrected chi connectivity index (χ3v) is 5.65. The van der Waals surface area contributed by atoms with Gasteiger partial charge in [-0.3, -0.25) is 9.69 Å². The molecule has 0 N–H and O–H groups in total. The summed E-state index contributed by atoms with van der Waals surface area (Å²) in [5.74, 6) is 0.364. The van der Waals surface area contributed by atoms with Crippen molar-refractivity contribution in [2.24, 2.45) is 5.92 Å². The van der Waals surface area contributed by atoms with Gasteiger partial charge in [-0.1, -0.05) is 61.3 Å². The second kappa shape index (κ2) is 8.08. The third kappa shape index (κ3) is 3.95. The third-order valence-electron chi connectivity index (χ3n) is 4.40. The molecule has 1 heterocycles. The smallest absolute Gasteiger partial charge is 0.231 e. The molecule has 0 bridgehead atoms. The van der Waals surface area contributed by atoms with Crippen LogP contribution in [0.4, 0.5) is 5.13 Å². The number of anilines is 1. The summed E-state index contributed by atoms with van der Waals surface area (Å²) in [5, 5.41) is 10.8. The largest absolute Gasteiger partial charge is 0.286 e. The van der Waals surface area contributed by atoms with Crippen LogP contribution in [-0.2, 0) is 4.79 Å². The highest BCUT2D eigenvalue weighted by molar-refractivity contribution is 7.18. The van der Waals surface area contributed by atoms with Crippen molar-refractivity contribution in [2.75, 3.05) is 11.4 Å². The van der Waals surface area contributed by atoms with Crippen molar-refractivity contribution in [1.29, 1.82) is 0 Å². The number of aromatic nitrogens is 2. The number of rotatable bonds is 5. The molecule has 0 atom stereocenters. The molecule has 0 saturated heterocycles. The molecule has 1 aliphatic rings. The Kier molecular flexibility index (Phi) is 5.85. The summed E-state index contributed by atoms with van der Waals surface area (Å²) in [7, 11) is 0. The van der Waals surface area contributed by atoms with Crippen molar-refractivity contribution in [3.63, 3.8) is 0 Å². The Hall–Kier alpha value is -1.46. The van der Waals surface area contributed by atoms with Crippen LogP contribution in [0.3, 0.4) is 0 Å². The lowest BCUT2D eigenvalue weighted by Gasteiger charge is -2.27. The Labute approximate surface area is 151 Å². The van der Waals surface area contributed by atoms with Crippen LogP contribution in [-0.4, -0.2) is 22.6 Å². The second-order valence-corrected chi connectivity index (χ2v) is 7.61. The van der Waals surface area contributed by atoms with E-state index in [0.29, 0.717) is 16.7 Å². The van der Waals surface area contributed by atoms with E-state index in [0.717, 1.165) is 42.7 Å². The lowest BCUT2D eigenvalue weighted by atomic mass is 9.88. The van der Waals surface area contributed by atoms with E-state index in [1.165, 1.54) is 17.8 Å². The molecule has 1 fully saturated rings. The fourth-order valence-electron chi connectivity index (χ4n) is 3.13. The first kappa shape index (κ1) is 17.4. The molecule has 0 unspecified atom stereocenters. The molecule has 4 nitrogen and oxygen atoms in total. The minimum absolute atomic E-state index is 0.146. The van der Waals surface area contributed by atoms with Crippen molar-refractivity contribution in [3.05, 3.63) is 29.3 Å². The van der Waals surface area contributed by atoms with Crippen LogP contribution < -0.4 is 4.90 Å². The van der Waals surface area contributed by atoms with Crippen molar-refractivity contribution in [3.8, 4) is 10.6 Å². The molecule has 0 aliphatic heterocycles. The van der Waals surface area contributed by atoms with Crippen molar-refractivity contribution >= 4 is 34.0 Å². The normalized spacial score (nSPS) is 15.4. The summed E-state index contributed by atoms with van der Waals surface area (Å²) >= 11 is 7.41. The minimum Gasteiger partial charge on any atom is -0.286 e. The fraction of sp³-hybridized carbons (Fsp3) is 0.500. The number of amides is 1. The maximum atomic E-state index is 12.9. The molecule has 1 aliphatic carbocycles. The molecular formula is C18H22ClN3OS. The van der Waals surface area contributed by atoms with Gasteiger partial charge in [0.15, 0.2) is 0 Å². The van der Waals surface area contributed by atoms with E-state index < -0.39 is 0 Å². The monoisotopic (exact) mass is 363 g/mol. The van der Waals surface area contributed by atoms with Crippen LogP contribution in [0.25, 0.3) is 10.6 Å². The van der Waals surface area contributed by atoms with E-state index in [2.05, 4.69) is 17.1 Å². The number of benzene rings is 1. The zero-order chi connectivity index (χ0) is 16.9. The first-order valence-corrected chi connectivity index (χ1v) is 9.79. The van der Waals surface area contributed by atoms with Gasteiger partial charge >= 0.3 is 0 Å². The molecule has 3 rings (SSSR count). The van der Waals surface area contributed by atoms with Crippen LogP contribution in [0.2, 0.25) is 5.02 Å². The average Bonchev–Trinajstić information content (AvgIpc) is 3.10. The van der Waals surface area contributed by atoms with Crippen molar-refractivity contribution in [1.82, 2.24) is 10.2 Å². The van der Waals surface area contributed by atoms with Crippen LogP contribution in [0, 0.1) is 5.92 Å². The van der Waals surface area contributed by atoms with E-state index in [9.17, 15) is 4.79 Å². The van der Waals surface area contributed by atoms with Gasteiger partial charge in [-0.25, -0.2) is 0 Å². The summed E-state index contributed by atoms with van der Waals surface area (Å²) in [4.78, 5) is 14.8. The molecule has 128 valence electrons. The van der Waals surface area contributed by atoms with E-state index in [-0.39, 0.29) is 11.8 Å². The molecule has 2 aromatic rings. The average molecular weight is 364 g/mol. The molecule has 0 radical (unpaired) electrons. The highest BCUT2D eigenvalue weighted by atomic mass is 35.5. The first-order chi connectivity index (χ1) is 11.7. The summed E-state index contributed by atoms with van der Waals surface area (Å²) in [5.41, 5.74) is 0.977. The van der Waals surface area contributed by atoms with Crippen molar-refractivity contribution in [2.45, 2.75) is 45.4 Å². The zero-order valence-corrected chi connectivity index (χ0v) is 15.4.